The highest BCUT2D eigenvalue weighted by atomic mass is 79.9. The number of nitrogens with two attached hydrogens (primary N) is 1. The number of nitrogens with zero attached hydrogens (tertiary/aromatic N) is 1. The molecule has 0 unspecified atom stereocenters. The van der Waals surface area contributed by atoms with Gasteiger partial charge in [0, 0.05) is 6.07 Å². The van der Waals surface area contributed by atoms with Crippen LogP contribution in [0.15, 0.2) is 27.5 Å². The highest BCUT2D eigenvalue weighted by molar-refractivity contribution is 9.08. The summed E-state index contributed by atoms with van der Waals surface area (Å²) in [5, 5.41) is 5.47. The number of halogens is 1. The third-order valence-electron chi connectivity index (χ3n) is 1.85. The lowest BCUT2D eigenvalue weighted by Gasteiger charge is -1.95. The summed E-state index contributed by atoms with van der Waals surface area (Å²) in [4.78, 5) is 4.13. The van der Waals surface area contributed by atoms with E-state index < -0.39 is 10.0 Å². The Morgan fingerprint density at radius 1 is 1.47 bits per heavy atom. The molecule has 15 heavy (non-hydrogen) atoms. The third-order valence-corrected chi connectivity index (χ3v) is 3.24. The summed E-state index contributed by atoms with van der Waals surface area (Å²) in [6, 6.07) is 4.33. The van der Waals surface area contributed by atoms with E-state index in [0.717, 1.165) is 0 Å². The molecule has 1 aromatic carbocycles. The number of aromatic nitrogens is 1. The van der Waals surface area contributed by atoms with Crippen molar-refractivity contribution in [3.63, 3.8) is 0 Å². The summed E-state index contributed by atoms with van der Waals surface area (Å²) in [5.41, 5.74) is 1.02. The minimum absolute atomic E-state index is 0.0206. The first-order valence-corrected chi connectivity index (χ1v) is 6.66. The lowest BCUT2D eigenvalue weighted by molar-refractivity contribution is 0.556. The molecule has 1 heterocycles. The Bertz CT molecular complexity index is 605. The molecule has 0 saturated carbocycles. The molecule has 7 heteroatoms. The Labute approximate surface area is 94.5 Å². The third kappa shape index (κ3) is 2.04. The van der Waals surface area contributed by atoms with Gasteiger partial charge in [0.2, 0.25) is 15.9 Å². The second-order valence-corrected chi connectivity index (χ2v) is 5.04. The van der Waals surface area contributed by atoms with Crippen LogP contribution in [0.3, 0.4) is 0 Å². The number of benzene rings is 1. The fourth-order valence-corrected chi connectivity index (χ4v) is 1.96. The maximum atomic E-state index is 11.1. The van der Waals surface area contributed by atoms with Gasteiger partial charge in [0.1, 0.15) is 5.52 Å². The van der Waals surface area contributed by atoms with Gasteiger partial charge < -0.3 is 4.42 Å². The molecule has 80 valence electrons. The fourth-order valence-electron chi connectivity index (χ4n) is 1.19. The van der Waals surface area contributed by atoms with Crippen LogP contribution in [0.25, 0.3) is 11.1 Å². The van der Waals surface area contributed by atoms with Gasteiger partial charge in [0.25, 0.3) is 0 Å². The van der Waals surface area contributed by atoms with Crippen LogP contribution in [0.1, 0.15) is 5.89 Å². The van der Waals surface area contributed by atoms with E-state index in [0.29, 0.717) is 22.3 Å². The molecule has 0 aliphatic heterocycles. The molecular formula is C8H7BrN2O3S. The molecule has 0 fully saturated rings. The SMILES string of the molecule is NS(=O)(=O)c1ccc2nc(CBr)oc2c1. The number of sulfonamides is 1. The number of hydrogen-bond acceptors (Lipinski definition) is 4. The summed E-state index contributed by atoms with van der Waals surface area (Å²) < 4.78 is 27.4. The first-order chi connectivity index (χ1) is 7.00. The normalized spacial score (nSPS) is 12.1. The molecule has 0 bridgehead atoms. The minimum atomic E-state index is -3.69. The Morgan fingerprint density at radius 2 is 2.20 bits per heavy atom. The van der Waals surface area contributed by atoms with Crippen molar-refractivity contribution < 1.29 is 12.8 Å². The lowest BCUT2D eigenvalue weighted by Crippen LogP contribution is -2.11. The summed E-state index contributed by atoms with van der Waals surface area (Å²) in [5.74, 6) is 0.497. The van der Waals surface area contributed by atoms with E-state index in [9.17, 15) is 8.42 Å². The Kier molecular flexibility index (Phi) is 2.53. The van der Waals surface area contributed by atoms with Crippen LogP contribution >= 0.6 is 15.9 Å². The van der Waals surface area contributed by atoms with Gasteiger partial charge in [-0.05, 0) is 12.1 Å². The van der Waals surface area contributed by atoms with Gasteiger partial charge in [-0.2, -0.15) is 0 Å². The van der Waals surface area contributed by atoms with Crippen LogP contribution < -0.4 is 5.14 Å². The molecule has 2 aromatic rings. The van der Waals surface area contributed by atoms with Gasteiger partial charge >= 0.3 is 0 Å². The highest BCUT2D eigenvalue weighted by Gasteiger charge is 2.11. The van der Waals surface area contributed by atoms with Crippen LogP contribution in [0.2, 0.25) is 0 Å². The highest BCUT2D eigenvalue weighted by Crippen LogP contribution is 2.20. The maximum absolute atomic E-state index is 11.1. The molecule has 0 amide bonds. The van der Waals surface area contributed by atoms with Gasteiger partial charge in [-0.1, -0.05) is 15.9 Å². The van der Waals surface area contributed by atoms with Crippen LogP contribution in [-0.4, -0.2) is 13.4 Å². The molecule has 2 N–H and O–H groups in total. The first kappa shape index (κ1) is 10.6. The van der Waals surface area contributed by atoms with Crippen LogP contribution in [0.4, 0.5) is 0 Å². The van der Waals surface area contributed by atoms with Crippen molar-refractivity contribution in [1.29, 1.82) is 0 Å². The number of rotatable bonds is 2. The molecular weight excluding hydrogens is 284 g/mol. The topological polar surface area (TPSA) is 86.2 Å². The summed E-state index contributed by atoms with van der Waals surface area (Å²) in [7, 11) is -3.69. The quantitative estimate of drug-likeness (QED) is 0.847. The van der Waals surface area contributed by atoms with Gasteiger partial charge in [0.05, 0.1) is 10.2 Å². The van der Waals surface area contributed by atoms with Crippen molar-refractivity contribution in [2.45, 2.75) is 10.2 Å². The average Bonchev–Trinajstić information content (AvgIpc) is 2.57. The smallest absolute Gasteiger partial charge is 0.238 e. The monoisotopic (exact) mass is 290 g/mol. The molecule has 2 rings (SSSR count). The molecule has 0 aliphatic carbocycles. The number of primary sulfonamides is 1. The number of alkyl halides is 1. The van der Waals surface area contributed by atoms with E-state index in [4.69, 9.17) is 9.56 Å². The van der Waals surface area contributed by atoms with Crippen molar-refractivity contribution in [2.24, 2.45) is 5.14 Å². The van der Waals surface area contributed by atoms with Gasteiger partial charge in [-0.25, -0.2) is 18.5 Å². The molecule has 0 atom stereocenters. The van der Waals surface area contributed by atoms with Gasteiger partial charge in [-0.3, -0.25) is 0 Å². The zero-order valence-corrected chi connectivity index (χ0v) is 9.88. The Morgan fingerprint density at radius 3 is 2.80 bits per heavy atom. The van der Waals surface area contributed by atoms with Gasteiger partial charge in [-0.15, -0.1) is 0 Å². The van der Waals surface area contributed by atoms with E-state index in [1.54, 1.807) is 6.07 Å². The summed E-state index contributed by atoms with van der Waals surface area (Å²) in [6.07, 6.45) is 0. The Balaban J connectivity index is 2.66. The van der Waals surface area contributed by atoms with Crippen molar-refractivity contribution >= 4 is 37.1 Å². The lowest BCUT2D eigenvalue weighted by atomic mass is 10.3. The largest absolute Gasteiger partial charge is 0.440 e. The van der Waals surface area contributed by atoms with Crippen molar-refractivity contribution in [2.75, 3.05) is 0 Å². The zero-order valence-electron chi connectivity index (χ0n) is 7.47. The van der Waals surface area contributed by atoms with Crippen molar-refractivity contribution in [3.8, 4) is 0 Å². The van der Waals surface area contributed by atoms with Crippen LogP contribution in [0, 0.1) is 0 Å². The standard InChI is InChI=1S/C8H7BrN2O3S/c9-4-8-11-6-2-1-5(15(10,12)13)3-7(6)14-8/h1-3H,4H2,(H2,10,12,13). The minimum Gasteiger partial charge on any atom is -0.440 e. The molecule has 0 aliphatic rings. The number of hydrogen-bond donors (Lipinski definition) is 1. The van der Waals surface area contributed by atoms with E-state index in [-0.39, 0.29) is 4.90 Å². The predicted molar refractivity (Wildman–Crippen MR) is 58.0 cm³/mol. The molecule has 0 saturated heterocycles. The van der Waals surface area contributed by atoms with E-state index >= 15 is 0 Å². The molecule has 0 radical (unpaired) electrons. The van der Waals surface area contributed by atoms with Gasteiger partial charge in [0.15, 0.2) is 5.58 Å². The second-order valence-electron chi connectivity index (χ2n) is 2.92. The summed E-state index contributed by atoms with van der Waals surface area (Å²) in [6.45, 7) is 0. The zero-order chi connectivity index (χ0) is 11.1. The molecule has 1 aromatic heterocycles. The predicted octanol–water partition coefficient (Wildman–Crippen LogP) is 1.37. The Hall–Kier alpha value is -0.920. The first-order valence-electron chi connectivity index (χ1n) is 3.99. The number of oxazole rings is 1. The van der Waals surface area contributed by atoms with E-state index in [1.807, 2.05) is 0 Å². The number of fused-ring (bicyclic) bond motifs is 1. The maximum Gasteiger partial charge on any atom is 0.238 e. The van der Waals surface area contributed by atoms with Crippen molar-refractivity contribution in [1.82, 2.24) is 4.98 Å². The van der Waals surface area contributed by atoms with E-state index in [1.165, 1.54) is 12.1 Å². The molecule has 5 nitrogen and oxygen atoms in total. The van der Waals surface area contributed by atoms with Crippen LogP contribution in [0.5, 0.6) is 0 Å². The van der Waals surface area contributed by atoms with Crippen LogP contribution in [-0.2, 0) is 15.4 Å². The summed E-state index contributed by atoms with van der Waals surface area (Å²) >= 11 is 3.19. The van der Waals surface area contributed by atoms with Crippen molar-refractivity contribution in [3.05, 3.63) is 24.1 Å². The average molecular weight is 291 g/mol. The fraction of sp³-hybridized carbons (Fsp3) is 0.125. The second kappa shape index (κ2) is 3.58. The van der Waals surface area contributed by atoms with E-state index in [2.05, 4.69) is 20.9 Å². The molecule has 0 spiro atoms.